The minimum absolute atomic E-state index is 0.182. The Morgan fingerprint density at radius 1 is 1.40 bits per heavy atom. The van der Waals surface area contributed by atoms with Crippen molar-refractivity contribution in [3.63, 3.8) is 0 Å². The number of hydrogen-bond acceptors (Lipinski definition) is 5. The summed E-state index contributed by atoms with van der Waals surface area (Å²) in [5.41, 5.74) is 0. The number of ether oxygens (including phenoxy) is 1. The number of rotatable bonds is 8. The third kappa shape index (κ3) is 6.40. The lowest BCUT2D eigenvalue weighted by Crippen LogP contribution is -2.49. The van der Waals surface area contributed by atoms with Crippen molar-refractivity contribution in [3.8, 4) is 0 Å². The summed E-state index contributed by atoms with van der Waals surface area (Å²) in [6.07, 6.45) is 0. The fourth-order valence-electron chi connectivity index (χ4n) is 1.02. The van der Waals surface area contributed by atoms with Gasteiger partial charge in [-0.3, -0.25) is 10.1 Å². The largest absolute Gasteiger partial charge is 0.395 e. The molecule has 0 radical (unpaired) electrons. The summed E-state index contributed by atoms with van der Waals surface area (Å²) in [4.78, 5) is 11.4. The quantitative estimate of drug-likeness (QED) is 0.358. The zero-order valence-electron chi connectivity index (χ0n) is 9.19. The summed E-state index contributed by atoms with van der Waals surface area (Å²) >= 11 is 0. The lowest BCUT2D eigenvalue weighted by atomic mass is 10.2. The Balaban J connectivity index is 3.77. The first-order chi connectivity index (χ1) is 7.15. The molecule has 0 aromatic carbocycles. The SMILES string of the molecule is COCCNC(=O)C(C)NC(CO)CO. The number of carbonyl (C=O) groups is 1. The molecule has 0 saturated heterocycles. The molecule has 0 rings (SSSR count). The fraction of sp³-hybridized carbons (Fsp3) is 0.889. The highest BCUT2D eigenvalue weighted by Crippen LogP contribution is 1.87. The number of nitrogens with one attached hydrogen (secondary N) is 2. The molecule has 1 unspecified atom stereocenters. The first-order valence-electron chi connectivity index (χ1n) is 4.90. The molecule has 0 fully saturated rings. The standard InChI is InChI=1S/C9H20N2O4/c1-7(11-8(5-12)6-13)9(14)10-3-4-15-2/h7-8,11-13H,3-6H2,1-2H3,(H,10,14). The molecule has 1 atom stereocenters. The van der Waals surface area contributed by atoms with Gasteiger partial charge in [0, 0.05) is 13.7 Å². The highest BCUT2D eigenvalue weighted by atomic mass is 16.5. The van der Waals surface area contributed by atoms with Crippen LogP contribution in [0.5, 0.6) is 0 Å². The summed E-state index contributed by atoms with van der Waals surface area (Å²) < 4.78 is 4.78. The molecular formula is C9H20N2O4. The van der Waals surface area contributed by atoms with Gasteiger partial charge in [-0.15, -0.1) is 0 Å². The molecule has 1 amide bonds. The van der Waals surface area contributed by atoms with Crippen LogP contribution in [0.1, 0.15) is 6.92 Å². The van der Waals surface area contributed by atoms with Crippen molar-refractivity contribution in [2.45, 2.75) is 19.0 Å². The summed E-state index contributed by atoms with van der Waals surface area (Å²) in [6, 6.07) is -0.917. The van der Waals surface area contributed by atoms with E-state index in [0.717, 1.165) is 0 Å². The molecule has 0 saturated carbocycles. The predicted molar refractivity (Wildman–Crippen MR) is 55.4 cm³/mol. The third-order valence-electron chi connectivity index (χ3n) is 1.93. The first-order valence-corrected chi connectivity index (χ1v) is 4.90. The normalized spacial score (nSPS) is 12.9. The number of carbonyl (C=O) groups excluding carboxylic acids is 1. The van der Waals surface area contributed by atoms with E-state index in [1.54, 1.807) is 14.0 Å². The van der Waals surface area contributed by atoms with E-state index >= 15 is 0 Å². The minimum atomic E-state index is -0.465. The average Bonchev–Trinajstić information content (AvgIpc) is 2.25. The molecule has 0 aromatic rings. The van der Waals surface area contributed by atoms with E-state index in [1.807, 2.05) is 0 Å². The van der Waals surface area contributed by atoms with Crippen LogP contribution in [0.15, 0.2) is 0 Å². The average molecular weight is 220 g/mol. The van der Waals surface area contributed by atoms with Crippen LogP contribution >= 0.6 is 0 Å². The fourth-order valence-corrected chi connectivity index (χ4v) is 1.02. The van der Waals surface area contributed by atoms with Crippen LogP contribution in [-0.2, 0) is 9.53 Å². The van der Waals surface area contributed by atoms with Gasteiger partial charge in [0.25, 0.3) is 0 Å². The van der Waals surface area contributed by atoms with Crippen LogP contribution in [0.3, 0.4) is 0 Å². The van der Waals surface area contributed by atoms with E-state index in [-0.39, 0.29) is 19.1 Å². The van der Waals surface area contributed by atoms with Gasteiger partial charge < -0.3 is 20.3 Å². The molecule has 0 aliphatic carbocycles. The molecule has 0 aromatic heterocycles. The van der Waals surface area contributed by atoms with Gasteiger partial charge in [0.2, 0.25) is 5.91 Å². The molecule has 0 aliphatic rings. The van der Waals surface area contributed by atoms with Crippen molar-refractivity contribution in [1.82, 2.24) is 10.6 Å². The molecule has 0 heterocycles. The zero-order valence-corrected chi connectivity index (χ0v) is 9.19. The molecule has 6 heteroatoms. The molecule has 0 spiro atoms. The second-order valence-electron chi connectivity index (χ2n) is 3.23. The van der Waals surface area contributed by atoms with Gasteiger partial charge in [-0.05, 0) is 6.92 Å². The Morgan fingerprint density at radius 3 is 2.47 bits per heavy atom. The van der Waals surface area contributed by atoms with Crippen LogP contribution in [0.4, 0.5) is 0 Å². The Morgan fingerprint density at radius 2 is 2.00 bits per heavy atom. The van der Waals surface area contributed by atoms with Crippen LogP contribution in [0, 0.1) is 0 Å². The molecule has 0 bridgehead atoms. The number of amides is 1. The van der Waals surface area contributed by atoms with Crippen molar-refractivity contribution >= 4 is 5.91 Å². The van der Waals surface area contributed by atoms with Crippen LogP contribution in [0.2, 0.25) is 0 Å². The van der Waals surface area contributed by atoms with Gasteiger partial charge in [0.15, 0.2) is 0 Å². The number of aliphatic hydroxyl groups excluding tert-OH is 2. The van der Waals surface area contributed by atoms with Crippen molar-refractivity contribution in [1.29, 1.82) is 0 Å². The highest BCUT2D eigenvalue weighted by molar-refractivity contribution is 5.81. The van der Waals surface area contributed by atoms with Crippen molar-refractivity contribution in [3.05, 3.63) is 0 Å². The molecule has 90 valence electrons. The highest BCUT2D eigenvalue weighted by Gasteiger charge is 2.15. The summed E-state index contributed by atoms with van der Waals surface area (Å²) in [5, 5.41) is 23.0. The second-order valence-corrected chi connectivity index (χ2v) is 3.23. The number of hydrogen-bond donors (Lipinski definition) is 4. The van der Waals surface area contributed by atoms with E-state index in [1.165, 1.54) is 0 Å². The Labute approximate surface area is 89.6 Å². The molecular weight excluding hydrogens is 200 g/mol. The topological polar surface area (TPSA) is 90.8 Å². The predicted octanol–water partition coefficient (Wildman–Crippen LogP) is -1.92. The van der Waals surface area contributed by atoms with Gasteiger partial charge in [-0.25, -0.2) is 0 Å². The smallest absolute Gasteiger partial charge is 0.236 e. The van der Waals surface area contributed by atoms with Gasteiger partial charge in [0.05, 0.1) is 31.9 Å². The lowest BCUT2D eigenvalue weighted by molar-refractivity contribution is -0.123. The first kappa shape index (κ1) is 14.3. The second kappa shape index (κ2) is 8.60. The van der Waals surface area contributed by atoms with Crippen molar-refractivity contribution in [2.75, 3.05) is 33.5 Å². The molecule has 15 heavy (non-hydrogen) atoms. The van der Waals surface area contributed by atoms with E-state index in [0.29, 0.717) is 13.2 Å². The minimum Gasteiger partial charge on any atom is -0.395 e. The van der Waals surface area contributed by atoms with E-state index in [4.69, 9.17) is 14.9 Å². The van der Waals surface area contributed by atoms with Crippen LogP contribution < -0.4 is 10.6 Å². The van der Waals surface area contributed by atoms with Crippen LogP contribution in [0.25, 0.3) is 0 Å². The van der Waals surface area contributed by atoms with Crippen molar-refractivity contribution < 1.29 is 19.7 Å². The van der Waals surface area contributed by atoms with Gasteiger partial charge in [0.1, 0.15) is 0 Å². The van der Waals surface area contributed by atoms with Gasteiger partial charge in [-0.1, -0.05) is 0 Å². The van der Waals surface area contributed by atoms with E-state index < -0.39 is 12.1 Å². The lowest BCUT2D eigenvalue weighted by Gasteiger charge is -2.19. The molecule has 0 aliphatic heterocycles. The van der Waals surface area contributed by atoms with Gasteiger partial charge >= 0.3 is 0 Å². The maximum Gasteiger partial charge on any atom is 0.236 e. The molecule has 6 nitrogen and oxygen atoms in total. The third-order valence-corrected chi connectivity index (χ3v) is 1.93. The maximum atomic E-state index is 11.4. The van der Waals surface area contributed by atoms with E-state index in [2.05, 4.69) is 10.6 Å². The maximum absolute atomic E-state index is 11.4. The Bertz CT molecular complexity index is 173. The number of aliphatic hydroxyl groups is 2. The van der Waals surface area contributed by atoms with E-state index in [9.17, 15) is 4.79 Å². The number of methoxy groups -OCH3 is 1. The summed E-state index contributed by atoms with van der Waals surface area (Å²) in [5.74, 6) is -0.182. The van der Waals surface area contributed by atoms with Gasteiger partial charge in [-0.2, -0.15) is 0 Å². The Kier molecular flexibility index (Phi) is 8.21. The summed E-state index contributed by atoms with van der Waals surface area (Å²) in [6.45, 7) is 2.17. The summed E-state index contributed by atoms with van der Waals surface area (Å²) in [7, 11) is 1.56. The van der Waals surface area contributed by atoms with Crippen LogP contribution in [-0.4, -0.2) is 61.7 Å². The molecule has 4 N–H and O–H groups in total. The Hall–Kier alpha value is -0.690. The van der Waals surface area contributed by atoms with Crippen molar-refractivity contribution in [2.24, 2.45) is 0 Å². The monoisotopic (exact) mass is 220 g/mol. The zero-order chi connectivity index (χ0) is 11.7.